The van der Waals surface area contributed by atoms with Gasteiger partial charge in [0.2, 0.25) is 0 Å². The quantitative estimate of drug-likeness (QED) is 0.670. The molecule has 1 aromatic rings. The van der Waals surface area contributed by atoms with Crippen molar-refractivity contribution in [2.24, 2.45) is 0 Å². The van der Waals surface area contributed by atoms with Gasteiger partial charge in [-0.25, -0.2) is 0 Å². The van der Waals surface area contributed by atoms with Crippen molar-refractivity contribution in [2.75, 3.05) is 13.6 Å². The van der Waals surface area contributed by atoms with Crippen molar-refractivity contribution in [1.29, 1.82) is 5.26 Å². The van der Waals surface area contributed by atoms with Crippen molar-refractivity contribution in [3.8, 4) is 6.07 Å². The van der Waals surface area contributed by atoms with Crippen molar-refractivity contribution in [3.63, 3.8) is 0 Å². The number of likely N-dealkylation sites (N-methyl/N-ethyl adjacent to an activating group) is 1. The largest absolute Gasteiger partial charge is 0.389 e. The zero-order chi connectivity index (χ0) is 12.0. The van der Waals surface area contributed by atoms with Crippen LogP contribution in [0.25, 0.3) is 0 Å². The molecule has 0 fully saturated rings. The summed E-state index contributed by atoms with van der Waals surface area (Å²) in [5, 5.41) is 31.1. The smallest absolute Gasteiger partial charge is 0.106 e. The number of rotatable bonds is 5. The lowest BCUT2D eigenvalue weighted by atomic mass is 9.97. The van der Waals surface area contributed by atoms with Crippen LogP contribution in [-0.4, -0.2) is 29.9 Å². The summed E-state index contributed by atoms with van der Waals surface area (Å²) in [4.78, 5) is 0. The molecule has 86 valence electrons. The summed E-state index contributed by atoms with van der Waals surface area (Å²) >= 11 is 0. The maximum atomic E-state index is 9.93. The molecule has 1 aromatic carbocycles. The first kappa shape index (κ1) is 12.7. The van der Waals surface area contributed by atoms with Gasteiger partial charge < -0.3 is 15.5 Å². The molecule has 4 nitrogen and oxygen atoms in total. The van der Waals surface area contributed by atoms with E-state index < -0.39 is 12.2 Å². The number of hydrogen-bond donors (Lipinski definition) is 3. The lowest BCUT2D eigenvalue weighted by Gasteiger charge is -2.19. The zero-order valence-electron chi connectivity index (χ0n) is 9.22. The van der Waals surface area contributed by atoms with Crippen molar-refractivity contribution in [2.45, 2.75) is 18.6 Å². The molecule has 0 saturated heterocycles. The topological polar surface area (TPSA) is 76.3 Å². The molecule has 0 heterocycles. The van der Waals surface area contributed by atoms with E-state index >= 15 is 0 Å². The van der Waals surface area contributed by atoms with E-state index in [0.29, 0.717) is 12.1 Å². The Kier molecular flexibility index (Phi) is 4.93. The van der Waals surface area contributed by atoms with E-state index in [9.17, 15) is 10.2 Å². The normalized spacial score (nSPS) is 14.1. The highest BCUT2D eigenvalue weighted by Gasteiger charge is 2.19. The molecule has 0 radical (unpaired) electrons. The summed E-state index contributed by atoms with van der Waals surface area (Å²) < 4.78 is 0. The van der Waals surface area contributed by atoms with Crippen LogP contribution in [0.5, 0.6) is 0 Å². The van der Waals surface area contributed by atoms with Gasteiger partial charge in [0.25, 0.3) is 0 Å². The third-order valence-electron chi connectivity index (χ3n) is 2.42. The van der Waals surface area contributed by atoms with Crippen LogP contribution in [0.15, 0.2) is 24.3 Å². The molecule has 0 aliphatic rings. The minimum atomic E-state index is -0.961. The third-order valence-corrected chi connectivity index (χ3v) is 2.42. The Morgan fingerprint density at radius 2 is 2.06 bits per heavy atom. The monoisotopic (exact) mass is 220 g/mol. The molecule has 3 N–H and O–H groups in total. The number of nitriles is 1. The Labute approximate surface area is 95.2 Å². The second-order valence-corrected chi connectivity index (χ2v) is 3.60. The Hall–Kier alpha value is -1.41. The number of aliphatic hydroxyl groups is 2. The predicted octanol–water partition coefficient (Wildman–Crippen LogP) is 0.366. The SMILES string of the molecule is CNCC(O)C(O)c1ccccc1CC#N. The zero-order valence-corrected chi connectivity index (χ0v) is 9.22. The van der Waals surface area contributed by atoms with E-state index in [1.165, 1.54) is 0 Å². The van der Waals surface area contributed by atoms with Gasteiger partial charge in [0, 0.05) is 6.54 Å². The molecule has 2 unspecified atom stereocenters. The van der Waals surface area contributed by atoms with Crippen LogP contribution in [0.4, 0.5) is 0 Å². The fourth-order valence-electron chi connectivity index (χ4n) is 1.60. The van der Waals surface area contributed by atoms with Gasteiger partial charge in [-0.05, 0) is 18.2 Å². The van der Waals surface area contributed by atoms with Crippen molar-refractivity contribution >= 4 is 0 Å². The highest BCUT2D eigenvalue weighted by Crippen LogP contribution is 2.21. The standard InChI is InChI=1S/C12H16N2O2/c1-14-8-11(15)12(16)10-5-3-2-4-9(10)6-7-13/h2-5,11-12,14-16H,6,8H2,1H3. The molecule has 0 aliphatic heterocycles. The molecular weight excluding hydrogens is 204 g/mol. The summed E-state index contributed by atoms with van der Waals surface area (Å²) in [6.45, 7) is 0.308. The number of benzene rings is 1. The number of aliphatic hydroxyl groups excluding tert-OH is 2. The Balaban J connectivity index is 2.89. The van der Waals surface area contributed by atoms with Crippen LogP contribution >= 0.6 is 0 Å². The highest BCUT2D eigenvalue weighted by molar-refractivity contribution is 5.31. The number of nitrogens with zero attached hydrogens (tertiary/aromatic N) is 1. The third kappa shape index (κ3) is 3.04. The average Bonchev–Trinajstić information content (AvgIpc) is 2.29. The summed E-state index contributed by atoms with van der Waals surface area (Å²) in [5.41, 5.74) is 1.37. The second-order valence-electron chi connectivity index (χ2n) is 3.60. The van der Waals surface area contributed by atoms with Crippen LogP contribution in [0.1, 0.15) is 17.2 Å². The van der Waals surface area contributed by atoms with Crippen molar-refractivity contribution in [3.05, 3.63) is 35.4 Å². The van der Waals surface area contributed by atoms with Gasteiger partial charge in [0.05, 0.1) is 18.6 Å². The van der Waals surface area contributed by atoms with Gasteiger partial charge in [-0.3, -0.25) is 0 Å². The van der Waals surface area contributed by atoms with E-state index in [0.717, 1.165) is 5.56 Å². The van der Waals surface area contributed by atoms with Crippen LogP contribution in [0, 0.1) is 11.3 Å². The first-order valence-corrected chi connectivity index (χ1v) is 5.16. The summed E-state index contributed by atoms with van der Waals surface area (Å²) in [6.07, 6.45) is -1.60. The van der Waals surface area contributed by atoms with Gasteiger partial charge in [0.15, 0.2) is 0 Å². The molecule has 0 amide bonds. The molecule has 0 saturated carbocycles. The minimum Gasteiger partial charge on any atom is -0.389 e. The lowest BCUT2D eigenvalue weighted by molar-refractivity contribution is 0.0198. The number of hydrogen-bond acceptors (Lipinski definition) is 4. The summed E-state index contributed by atoms with van der Waals surface area (Å²) in [5.74, 6) is 0. The maximum Gasteiger partial charge on any atom is 0.106 e. The summed E-state index contributed by atoms with van der Waals surface area (Å²) in [6, 6.07) is 9.16. The van der Waals surface area contributed by atoms with Crippen molar-refractivity contribution in [1.82, 2.24) is 5.32 Å². The lowest BCUT2D eigenvalue weighted by Crippen LogP contribution is -2.30. The van der Waals surface area contributed by atoms with Gasteiger partial charge in [0.1, 0.15) is 6.10 Å². The Morgan fingerprint density at radius 3 is 2.69 bits per heavy atom. The van der Waals surface area contributed by atoms with Gasteiger partial charge in [-0.1, -0.05) is 24.3 Å². The average molecular weight is 220 g/mol. The first-order chi connectivity index (χ1) is 7.70. The van der Waals surface area contributed by atoms with E-state index in [1.54, 1.807) is 25.2 Å². The van der Waals surface area contributed by atoms with E-state index in [1.807, 2.05) is 12.1 Å². The van der Waals surface area contributed by atoms with Crippen LogP contribution in [0.2, 0.25) is 0 Å². The Morgan fingerprint density at radius 1 is 1.38 bits per heavy atom. The Bertz CT molecular complexity index is 374. The molecule has 4 heteroatoms. The minimum absolute atomic E-state index is 0.236. The van der Waals surface area contributed by atoms with E-state index in [4.69, 9.17) is 5.26 Å². The summed E-state index contributed by atoms with van der Waals surface area (Å²) in [7, 11) is 1.71. The first-order valence-electron chi connectivity index (χ1n) is 5.16. The van der Waals surface area contributed by atoms with Crippen LogP contribution < -0.4 is 5.32 Å². The fourth-order valence-corrected chi connectivity index (χ4v) is 1.60. The molecule has 0 aromatic heterocycles. The van der Waals surface area contributed by atoms with Crippen LogP contribution in [0.3, 0.4) is 0 Å². The fraction of sp³-hybridized carbons (Fsp3) is 0.417. The molecule has 1 rings (SSSR count). The second kappa shape index (κ2) is 6.23. The number of nitrogens with one attached hydrogen (secondary N) is 1. The molecule has 16 heavy (non-hydrogen) atoms. The van der Waals surface area contributed by atoms with Crippen molar-refractivity contribution < 1.29 is 10.2 Å². The van der Waals surface area contributed by atoms with Gasteiger partial charge >= 0.3 is 0 Å². The van der Waals surface area contributed by atoms with Gasteiger partial charge in [-0.15, -0.1) is 0 Å². The molecule has 0 aliphatic carbocycles. The predicted molar refractivity (Wildman–Crippen MR) is 60.7 cm³/mol. The van der Waals surface area contributed by atoms with E-state index in [2.05, 4.69) is 5.32 Å². The molecular formula is C12H16N2O2. The van der Waals surface area contributed by atoms with Gasteiger partial charge in [-0.2, -0.15) is 5.26 Å². The molecule has 0 bridgehead atoms. The highest BCUT2D eigenvalue weighted by atomic mass is 16.3. The molecule has 0 spiro atoms. The molecule has 2 atom stereocenters. The maximum absolute atomic E-state index is 9.93. The van der Waals surface area contributed by atoms with E-state index in [-0.39, 0.29) is 6.42 Å². The van der Waals surface area contributed by atoms with Crippen LogP contribution in [-0.2, 0) is 6.42 Å².